The van der Waals surface area contributed by atoms with Crippen LogP contribution in [0.25, 0.3) is 0 Å². The Morgan fingerprint density at radius 3 is 2.48 bits per heavy atom. The number of nitrogens with zero attached hydrogens (tertiary/aromatic N) is 4. The number of ketones is 1. The normalized spacial score (nSPS) is 14.3. The van der Waals surface area contributed by atoms with Crippen molar-refractivity contribution in [3.05, 3.63) is 22.5 Å². The maximum Gasteiger partial charge on any atom is 0.340 e. The van der Waals surface area contributed by atoms with Gasteiger partial charge in [0.25, 0.3) is 0 Å². The lowest BCUT2D eigenvalue weighted by atomic mass is 10.1. The largest absolute Gasteiger partial charge is 0.462 e. The van der Waals surface area contributed by atoms with Crippen molar-refractivity contribution in [1.82, 2.24) is 19.7 Å². The third-order valence-corrected chi connectivity index (χ3v) is 5.74. The van der Waals surface area contributed by atoms with Crippen LogP contribution in [0, 0.1) is 13.8 Å². The predicted molar refractivity (Wildman–Crippen MR) is 110 cm³/mol. The van der Waals surface area contributed by atoms with Gasteiger partial charge >= 0.3 is 5.97 Å². The van der Waals surface area contributed by atoms with Crippen LogP contribution in [0.5, 0.6) is 0 Å². The van der Waals surface area contributed by atoms with Crippen molar-refractivity contribution < 1.29 is 19.1 Å². The highest BCUT2D eigenvalue weighted by Gasteiger charge is 2.26. The summed E-state index contributed by atoms with van der Waals surface area (Å²) in [5.41, 5.74) is 2.02. The Labute approximate surface area is 174 Å². The Morgan fingerprint density at radius 1 is 1.14 bits per heavy atom. The molecule has 1 saturated heterocycles. The molecule has 0 bridgehead atoms. The Hall–Kier alpha value is -2.33. The van der Waals surface area contributed by atoms with Crippen molar-refractivity contribution >= 4 is 29.5 Å². The Morgan fingerprint density at radius 2 is 1.83 bits per heavy atom. The molecule has 1 aliphatic rings. The Bertz CT molecular complexity index is 886. The molecule has 2 aromatic rings. The van der Waals surface area contributed by atoms with Crippen LogP contribution >= 0.6 is 11.8 Å². The summed E-state index contributed by atoms with van der Waals surface area (Å²) in [5, 5.41) is 9.29. The van der Waals surface area contributed by atoms with Crippen LogP contribution in [0.4, 0.5) is 5.95 Å². The lowest BCUT2D eigenvalue weighted by Crippen LogP contribution is -2.38. The summed E-state index contributed by atoms with van der Waals surface area (Å²) >= 11 is 1.33. The number of aromatic nitrogens is 4. The number of Topliss-reactive ketones (excluding diaryl/α,β-unsaturated/α-hetero) is 1. The fraction of sp³-hybridized carbons (Fsp3) is 0.579. The van der Waals surface area contributed by atoms with E-state index >= 15 is 0 Å². The second-order valence-electron chi connectivity index (χ2n) is 6.68. The maximum absolute atomic E-state index is 13.0. The van der Waals surface area contributed by atoms with E-state index in [0.717, 1.165) is 19.0 Å². The molecular weight excluding hydrogens is 394 g/mol. The van der Waals surface area contributed by atoms with E-state index in [1.165, 1.54) is 11.8 Å². The lowest BCUT2D eigenvalue weighted by molar-refractivity contribution is 0.0522. The van der Waals surface area contributed by atoms with E-state index in [4.69, 9.17) is 9.47 Å². The number of aryl methyl sites for hydroxylation is 2. The van der Waals surface area contributed by atoms with Gasteiger partial charge in [-0.05, 0) is 27.7 Å². The number of carbonyl (C=O) groups excluding carboxylic acids is 2. The van der Waals surface area contributed by atoms with E-state index < -0.39 is 5.97 Å². The number of H-pyrrole nitrogens is 1. The van der Waals surface area contributed by atoms with E-state index in [1.54, 1.807) is 20.8 Å². The van der Waals surface area contributed by atoms with Crippen LogP contribution in [0.3, 0.4) is 0 Å². The van der Waals surface area contributed by atoms with E-state index in [9.17, 15) is 9.59 Å². The van der Waals surface area contributed by atoms with Gasteiger partial charge in [0.15, 0.2) is 10.9 Å². The molecule has 158 valence electrons. The van der Waals surface area contributed by atoms with Gasteiger partial charge in [-0.15, -0.1) is 10.2 Å². The number of morpholine rings is 1. The summed E-state index contributed by atoms with van der Waals surface area (Å²) in [5.74, 6) is 0.338. The van der Waals surface area contributed by atoms with E-state index in [0.29, 0.717) is 47.4 Å². The molecule has 1 fully saturated rings. The molecule has 0 radical (unpaired) electrons. The van der Waals surface area contributed by atoms with E-state index in [2.05, 4.69) is 20.1 Å². The highest BCUT2D eigenvalue weighted by molar-refractivity contribution is 7.99. The molecule has 1 N–H and O–H groups in total. The molecule has 1 aliphatic heterocycles. The predicted octanol–water partition coefficient (Wildman–Crippen LogP) is 2.23. The standard InChI is InChI=1S/C19H27N5O4S/c1-5-24-18(23-7-9-27-10-8-23)21-22-19(24)29-11-14(25)15-12(3)20-13(4)16(15)17(26)28-6-2/h20H,5-11H2,1-4H3. The number of nitrogens with one attached hydrogen (secondary N) is 1. The van der Waals surface area contributed by atoms with Gasteiger partial charge < -0.3 is 19.4 Å². The molecule has 0 atom stereocenters. The fourth-order valence-corrected chi connectivity index (χ4v) is 4.32. The molecule has 0 unspecified atom stereocenters. The van der Waals surface area contributed by atoms with Crippen molar-refractivity contribution in [3.8, 4) is 0 Å². The maximum atomic E-state index is 13.0. The highest BCUT2D eigenvalue weighted by Crippen LogP contribution is 2.26. The number of thioether (sulfide) groups is 1. The third kappa shape index (κ3) is 4.48. The molecule has 10 heteroatoms. The summed E-state index contributed by atoms with van der Waals surface area (Å²) in [6.07, 6.45) is 0. The zero-order valence-electron chi connectivity index (χ0n) is 17.3. The number of aromatic amines is 1. The molecule has 29 heavy (non-hydrogen) atoms. The van der Waals surface area contributed by atoms with Gasteiger partial charge in [0.05, 0.1) is 36.7 Å². The van der Waals surface area contributed by atoms with Crippen LogP contribution in [0.2, 0.25) is 0 Å². The average Bonchev–Trinajstić information content (AvgIpc) is 3.26. The molecule has 0 aliphatic carbocycles. The third-order valence-electron chi connectivity index (χ3n) is 4.77. The van der Waals surface area contributed by atoms with Gasteiger partial charge in [0, 0.05) is 31.0 Å². The number of esters is 1. The molecule has 2 aromatic heterocycles. The molecular formula is C19H27N5O4S. The summed E-state index contributed by atoms with van der Waals surface area (Å²) in [6.45, 7) is 11.2. The van der Waals surface area contributed by atoms with Crippen LogP contribution in [-0.4, -0.2) is 70.2 Å². The number of hydrogen-bond donors (Lipinski definition) is 1. The first-order valence-corrected chi connectivity index (χ1v) is 10.7. The van der Waals surface area contributed by atoms with Crippen molar-refractivity contribution in [2.24, 2.45) is 0 Å². The SMILES string of the molecule is CCOC(=O)c1c(C)[nH]c(C)c1C(=O)CSc1nnc(N2CCOCC2)n1CC. The van der Waals surface area contributed by atoms with Crippen LogP contribution in [0.1, 0.15) is 46.0 Å². The molecule has 0 amide bonds. The molecule has 0 spiro atoms. The highest BCUT2D eigenvalue weighted by atomic mass is 32.2. The van der Waals surface area contributed by atoms with Gasteiger partial charge in [-0.3, -0.25) is 9.36 Å². The molecule has 0 saturated carbocycles. The topological polar surface area (TPSA) is 102 Å². The van der Waals surface area contributed by atoms with Gasteiger partial charge in [-0.25, -0.2) is 4.79 Å². The summed E-state index contributed by atoms with van der Waals surface area (Å²) in [6, 6.07) is 0. The van der Waals surface area contributed by atoms with Gasteiger partial charge in [0.1, 0.15) is 0 Å². The second kappa shape index (κ2) is 9.45. The van der Waals surface area contributed by atoms with Crippen molar-refractivity contribution in [2.45, 2.75) is 39.4 Å². The fourth-order valence-electron chi connectivity index (χ4n) is 3.45. The van der Waals surface area contributed by atoms with Crippen molar-refractivity contribution in [1.29, 1.82) is 0 Å². The minimum Gasteiger partial charge on any atom is -0.462 e. The second-order valence-corrected chi connectivity index (χ2v) is 7.63. The molecule has 9 nitrogen and oxygen atoms in total. The van der Waals surface area contributed by atoms with Crippen molar-refractivity contribution in [2.75, 3.05) is 43.6 Å². The van der Waals surface area contributed by atoms with Gasteiger partial charge in [-0.1, -0.05) is 11.8 Å². The quantitative estimate of drug-likeness (QED) is 0.393. The molecule has 0 aromatic carbocycles. The van der Waals surface area contributed by atoms with Gasteiger partial charge in [0.2, 0.25) is 5.95 Å². The molecule has 3 rings (SSSR count). The summed E-state index contributed by atoms with van der Waals surface area (Å²) in [7, 11) is 0. The summed E-state index contributed by atoms with van der Waals surface area (Å²) in [4.78, 5) is 30.5. The minimum absolute atomic E-state index is 0.140. The van der Waals surface area contributed by atoms with Crippen LogP contribution in [-0.2, 0) is 16.0 Å². The zero-order chi connectivity index (χ0) is 21.0. The number of anilines is 1. The van der Waals surface area contributed by atoms with Crippen LogP contribution < -0.4 is 4.90 Å². The van der Waals surface area contributed by atoms with Crippen LogP contribution in [0.15, 0.2) is 5.16 Å². The first-order chi connectivity index (χ1) is 14.0. The zero-order valence-corrected chi connectivity index (χ0v) is 18.1. The van der Waals surface area contributed by atoms with Crippen molar-refractivity contribution in [3.63, 3.8) is 0 Å². The Balaban J connectivity index is 1.76. The monoisotopic (exact) mass is 421 g/mol. The summed E-state index contributed by atoms with van der Waals surface area (Å²) < 4.78 is 12.5. The number of hydrogen-bond acceptors (Lipinski definition) is 8. The number of carbonyl (C=O) groups is 2. The first-order valence-electron chi connectivity index (χ1n) is 9.76. The number of ether oxygens (including phenoxy) is 2. The van der Waals surface area contributed by atoms with E-state index in [-0.39, 0.29) is 18.1 Å². The van der Waals surface area contributed by atoms with Gasteiger partial charge in [-0.2, -0.15) is 0 Å². The lowest BCUT2D eigenvalue weighted by Gasteiger charge is -2.27. The minimum atomic E-state index is -0.478. The Kier molecular flexibility index (Phi) is 6.96. The average molecular weight is 422 g/mol. The molecule has 3 heterocycles. The first kappa shape index (κ1) is 21.4. The smallest absolute Gasteiger partial charge is 0.340 e. The van der Waals surface area contributed by atoms with E-state index in [1.807, 2.05) is 11.5 Å². The number of rotatable bonds is 8.